The lowest BCUT2D eigenvalue weighted by molar-refractivity contribution is -0.129. The molecule has 1 atom stereocenters. The van der Waals surface area contributed by atoms with Crippen molar-refractivity contribution in [2.24, 2.45) is 0 Å². The summed E-state index contributed by atoms with van der Waals surface area (Å²) in [6.07, 6.45) is 1.88. The third-order valence-corrected chi connectivity index (χ3v) is 4.75. The van der Waals surface area contributed by atoms with Gasteiger partial charge >= 0.3 is 0 Å². The Bertz CT molecular complexity index is 673. The van der Waals surface area contributed by atoms with E-state index in [2.05, 4.69) is 5.32 Å². The molecule has 1 heterocycles. The summed E-state index contributed by atoms with van der Waals surface area (Å²) in [7, 11) is -3.16. The van der Waals surface area contributed by atoms with Crippen molar-refractivity contribution < 1.29 is 13.2 Å². The summed E-state index contributed by atoms with van der Waals surface area (Å²) in [6.45, 7) is 4.67. The van der Waals surface area contributed by atoms with Crippen LogP contribution in [0.3, 0.4) is 0 Å². The zero-order chi connectivity index (χ0) is 16.5. The van der Waals surface area contributed by atoms with E-state index in [0.29, 0.717) is 29.2 Å². The smallest absolute Gasteiger partial charge is 0.245 e. The van der Waals surface area contributed by atoms with E-state index >= 15 is 0 Å². The minimum atomic E-state index is -3.16. The molecule has 0 aliphatic carbocycles. The van der Waals surface area contributed by atoms with Crippen molar-refractivity contribution in [1.82, 2.24) is 4.90 Å². The molecule has 122 valence electrons. The molecule has 1 aromatic rings. The number of sulfone groups is 1. The number of amides is 1. The molecule has 1 aliphatic heterocycles. The Morgan fingerprint density at radius 2 is 2.09 bits per heavy atom. The number of nitrogens with zero attached hydrogens (tertiary/aromatic N) is 1. The van der Waals surface area contributed by atoms with Crippen LogP contribution in [-0.2, 0) is 20.4 Å². The molecular weight excluding hydrogens is 324 g/mol. The molecule has 0 aromatic heterocycles. The summed E-state index contributed by atoms with van der Waals surface area (Å²) >= 11 is 6.00. The molecule has 0 saturated carbocycles. The highest BCUT2D eigenvalue weighted by Gasteiger charge is 2.33. The van der Waals surface area contributed by atoms with Gasteiger partial charge < -0.3 is 10.2 Å². The molecule has 1 aliphatic rings. The van der Waals surface area contributed by atoms with Crippen LogP contribution < -0.4 is 5.32 Å². The number of likely N-dealkylation sites (tertiary alicyclic amines) is 1. The van der Waals surface area contributed by atoms with Gasteiger partial charge in [-0.3, -0.25) is 4.79 Å². The van der Waals surface area contributed by atoms with Crippen molar-refractivity contribution in [3.63, 3.8) is 0 Å². The average Bonchev–Trinajstić information content (AvgIpc) is 2.73. The van der Waals surface area contributed by atoms with Crippen molar-refractivity contribution in [3.8, 4) is 0 Å². The summed E-state index contributed by atoms with van der Waals surface area (Å²) in [5.41, 5.74) is 1.24. The fraction of sp³-hybridized carbons (Fsp3) is 0.533. The number of halogens is 1. The molecule has 7 heteroatoms. The maximum Gasteiger partial charge on any atom is 0.245 e. The highest BCUT2D eigenvalue weighted by atomic mass is 35.5. The van der Waals surface area contributed by atoms with Crippen LogP contribution in [0.2, 0.25) is 5.02 Å². The minimum absolute atomic E-state index is 0.0419. The summed E-state index contributed by atoms with van der Waals surface area (Å²) in [6, 6.07) is 4.84. The van der Waals surface area contributed by atoms with Crippen LogP contribution in [0.4, 0.5) is 5.69 Å². The fourth-order valence-electron chi connectivity index (χ4n) is 2.63. The predicted octanol–water partition coefficient (Wildman–Crippen LogP) is 2.31. The Labute approximate surface area is 136 Å². The Morgan fingerprint density at radius 3 is 2.64 bits per heavy atom. The van der Waals surface area contributed by atoms with Crippen molar-refractivity contribution in [2.75, 3.05) is 18.1 Å². The quantitative estimate of drug-likeness (QED) is 0.890. The summed E-state index contributed by atoms with van der Waals surface area (Å²) in [4.78, 5) is 14.2. The normalized spacial score (nSPS) is 19.0. The number of anilines is 1. The maximum atomic E-state index is 12.3. The van der Waals surface area contributed by atoms with Crippen LogP contribution in [-0.4, -0.2) is 44.1 Å². The van der Waals surface area contributed by atoms with Crippen LogP contribution in [0, 0.1) is 0 Å². The van der Waals surface area contributed by atoms with Crippen molar-refractivity contribution >= 4 is 33.0 Å². The molecule has 1 unspecified atom stereocenters. The van der Waals surface area contributed by atoms with E-state index in [9.17, 15) is 13.2 Å². The van der Waals surface area contributed by atoms with Gasteiger partial charge in [0.2, 0.25) is 5.91 Å². The van der Waals surface area contributed by atoms with Crippen molar-refractivity contribution in [3.05, 3.63) is 28.8 Å². The van der Waals surface area contributed by atoms with Gasteiger partial charge in [-0.05, 0) is 38.0 Å². The summed E-state index contributed by atoms with van der Waals surface area (Å²) < 4.78 is 23.1. The zero-order valence-electron chi connectivity index (χ0n) is 13.0. The SMILES string of the molecule is CC(C)N1CCC(Nc2cc(Cl)ccc2CS(C)(=O)=O)C1=O. The van der Waals surface area contributed by atoms with Crippen LogP contribution >= 0.6 is 11.6 Å². The van der Waals surface area contributed by atoms with Gasteiger partial charge in [0, 0.05) is 29.6 Å². The van der Waals surface area contributed by atoms with E-state index < -0.39 is 9.84 Å². The van der Waals surface area contributed by atoms with E-state index in [1.807, 2.05) is 18.7 Å². The minimum Gasteiger partial charge on any atom is -0.373 e. The number of carbonyl (C=O) groups excluding carboxylic acids is 1. The zero-order valence-corrected chi connectivity index (χ0v) is 14.5. The molecule has 1 amide bonds. The van der Waals surface area contributed by atoms with E-state index in [1.54, 1.807) is 18.2 Å². The molecule has 5 nitrogen and oxygen atoms in total. The number of rotatable bonds is 5. The molecule has 0 radical (unpaired) electrons. The molecule has 1 aromatic carbocycles. The first-order chi connectivity index (χ1) is 10.2. The summed E-state index contributed by atoms with van der Waals surface area (Å²) in [5, 5.41) is 3.67. The summed E-state index contributed by atoms with van der Waals surface area (Å²) in [5.74, 6) is -0.0401. The third kappa shape index (κ3) is 4.14. The van der Waals surface area contributed by atoms with Crippen molar-refractivity contribution in [2.45, 2.75) is 38.1 Å². The number of benzene rings is 1. The molecule has 1 fully saturated rings. The number of carbonyl (C=O) groups is 1. The van der Waals surface area contributed by atoms with Crippen molar-refractivity contribution in [1.29, 1.82) is 0 Å². The predicted molar refractivity (Wildman–Crippen MR) is 88.9 cm³/mol. The van der Waals surface area contributed by atoms with Gasteiger partial charge in [0.05, 0.1) is 5.75 Å². The molecule has 2 rings (SSSR count). The number of hydrogen-bond acceptors (Lipinski definition) is 4. The Kier molecular flexibility index (Phi) is 5.02. The second kappa shape index (κ2) is 6.46. The standard InChI is InChI=1S/C15H21ClN2O3S/c1-10(2)18-7-6-13(15(18)19)17-14-8-12(16)5-4-11(14)9-22(3,20)21/h4-5,8,10,13,17H,6-7,9H2,1-3H3. The molecular formula is C15H21ClN2O3S. The average molecular weight is 345 g/mol. The second-order valence-corrected chi connectivity index (χ2v) is 8.56. The maximum absolute atomic E-state index is 12.3. The van der Waals surface area contributed by atoms with Gasteiger partial charge in [0.1, 0.15) is 6.04 Å². The fourth-order valence-corrected chi connectivity index (χ4v) is 3.62. The lowest BCUT2D eigenvalue weighted by Crippen LogP contribution is -2.37. The van der Waals surface area contributed by atoms with Crippen LogP contribution in [0.25, 0.3) is 0 Å². The Morgan fingerprint density at radius 1 is 1.41 bits per heavy atom. The highest BCUT2D eigenvalue weighted by Crippen LogP contribution is 2.26. The van der Waals surface area contributed by atoms with Gasteiger partial charge in [0.15, 0.2) is 9.84 Å². The molecule has 0 bridgehead atoms. The Balaban J connectivity index is 2.22. The lowest BCUT2D eigenvalue weighted by Gasteiger charge is -2.22. The molecule has 1 saturated heterocycles. The van der Waals surface area contributed by atoms with Crippen LogP contribution in [0.5, 0.6) is 0 Å². The van der Waals surface area contributed by atoms with Gasteiger partial charge in [0.25, 0.3) is 0 Å². The first kappa shape index (κ1) is 17.1. The van der Waals surface area contributed by atoms with Crippen LogP contribution in [0.1, 0.15) is 25.8 Å². The largest absolute Gasteiger partial charge is 0.373 e. The first-order valence-electron chi connectivity index (χ1n) is 7.20. The lowest BCUT2D eigenvalue weighted by atomic mass is 10.1. The van der Waals surface area contributed by atoms with E-state index in [4.69, 9.17) is 11.6 Å². The monoisotopic (exact) mass is 344 g/mol. The Hall–Kier alpha value is -1.27. The number of nitrogens with one attached hydrogen (secondary N) is 1. The van der Waals surface area contributed by atoms with E-state index in [0.717, 1.165) is 0 Å². The molecule has 0 spiro atoms. The third-order valence-electron chi connectivity index (χ3n) is 3.68. The van der Waals surface area contributed by atoms with E-state index in [1.165, 1.54) is 6.26 Å². The topological polar surface area (TPSA) is 66.5 Å². The van der Waals surface area contributed by atoms with Gasteiger partial charge in [-0.2, -0.15) is 0 Å². The van der Waals surface area contributed by atoms with Gasteiger partial charge in [-0.15, -0.1) is 0 Å². The van der Waals surface area contributed by atoms with E-state index in [-0.39, 0.29) is 23.7 Å². The van der Waals surface area contributed by atoms with Gasteiger partial charge in [-0.25, -0.2) is 8.42 Å². The van der Waals surface area contributed by atoms with Crippen LogP contribution in [0.15, 0.2) is 18.2 Å². The highest BCUT2D eigenvalue weighted by molar-refractivity contribution is 7.89. The number of hydrogen-bond donors (Lipinski definition) is 1. The molecule has 22 heavy (non-hydrogen) atoms. The second-order valence-electron chi connectivity index (χ2n) is 5.98. The molecule has 1 N–H and O–H groups in total. The van der Waals surface area contributed by atoms with Gasteiger partial charge in [-0.1, -0.05) is 17.7 Å². The first-order valence-corrected chi connectivity index (χ1v) is 9.64.